The summed E-state index contributed by atoms with van der Waals surface area (Å²) in [6.45, 7) is 1.82. The van der Waals surface area contributed by atoms with Gasteiger partial charge in [0.2, 0.25) is 5.91 Å². The summed E-state index contributed by atoms with van der Waals surface area (Å²) in [4.78, 5) is 24.1. The van der Waals surface area contributed by atoms with Crippen LogP contribution in [0.1, 0.15) is 62.1 Å². The monoisotopic (exact) mass is 417 g/mol. The second kappa shape index (κ2) is 8.73. The van der Waals surface area contributed by atoms with Gasteiger partial charge in [-0.3, -0.25) is 9.59 Å². The number of nitrogens with two attached hydrogens (primary N) is 1. The molecule has 1 aliphatic carbocycles. The minimum atomic E-state index is -0.664. The van der Waals surface area contributed by atoms with Crippen LogP contribution in [-0.2, 0) is 4.79 Å². The summed E-state index contributed by atoms with van der Waals surface area (Å²) >= 11 is 6.18. The Kier molecular flexibility index (Phi) is 6.31. The quantitative estimate of drug-likeness (QED) is 0.623. The highest BCUT2D eigenvalue weighted by Crippen LogP contribution is 2.43. The van der Waals surface area contributed by atoms with Crippen molar-refractivity contribution in [2.45, 2.75) is 38.3 Å². The number of nitrogens with one attached hydrogen (secondary N) is 1. The molecular formula is C22H25ClFN3O2. The van der Waals surface area contributed by atoms with E-state index in [0.717, 1.165) is 12.8 Å². The van der Waals surface area contributed by atoms with Crippen LogP contribution in [0, 0.1) is 23.1 Å². The number of ketones is 1. The fourth-order valence-electron chi connectivity index (χ4n) is 3.43. The van der Waals surface area contributed by atoms with Crippen LogP contribution in [0.4, 0.5) is 4.39 Å². The molecule has 3 rings (SSSR count). The molecule has 0 saturated heterocycles. The van der Waals surface area contributed by atoms with Crippen molar-refractivity contribution in [3.05, 3.63) is 69.5 Å². The van der Waals surface area contributed by atoms with Gasteiger partial charge in [0, 0.05) is 32.5 Å². The van der Waals surface area contributed by atoms with Crippen LogP contribution in [0.5, 0.6) is 0 Å². The number of rotatable bonds is 8. The first-order valence-electron chi connectivity index (χ1n) is 9.39. The molecule has 0 bridgehead atoms. The fourth-order valence-corrected chi connectivity index (χ4v) is 3.67. The predicted octanol–water partition coefficient (Wildman–Crippen LogP) is 4.38. The van der Waals surface area contributed by atoms with Crippen molar-refractivity contribution < 1.29 is 16.8 Å². The van der Waals surface area contributed by atoms with Crippen LogP contribution in [0.2, 0.25) is 5.02 Å². The van der Waals surface area contributed by atoms with Gasteiger partial charge < -0.3 is 11.1 Å². The lowest BCUT2D eigenvalue weighted by molar-refractivity contribution is -0.118. The normalized spacial score (nSPS) is 15.4. The molecule has 1 amide bonds. The molecule has 29 heavy (non-hydrogen) atoms. The molecule has 0 heterocycles. The summed E-state index contributed by atoms with van der Waals surface area (Å²) in [5.74, 6) is -1.42. The van der Waals surface area contributed by atoms with E-state index in [4.69, 9.17) is 22.6 Å². The lowest BCUT2D eigenvalue weighted by Gasteiger charge is -2.24. The van der Waals surface area contributed by atoms with Gasteiger partial charge in [0.1, 0.15) is 5.82 Å². The Morgan fingerprint density at radius 3 is 2.52 bits per heavy atom. The minimum absolute atomic E-state index is 0. The molecule has 1 aliphatic rings. The average Bonchev–Trinajstić information content (AvgIpc) is 3.51. The highest BCUT2D eigenvalue weighted by atomic mass is 35.5. The zero-order valence-corrected chi connectivity index (χ0v) is 16.7. The third kappa shape index (κ3) is 4.81. The first-order chi connectivity index (χ1) is 13.8. The summed E-state index contributed by atoms with van der Waals surface area (Å²) in [6.07, 6.45) is 2.00. The Hall–Kier alpha value is -2.75. The molecule has 3 N–H and O–H groups in total. The standard InChI is InChI=1S/C22H21ClFN3O2.2H2/c1-12(10-18(26)28)27-21(14-6-7-14)16-8-9-17(23)19(20(16)24)22(29)15-4-2-13(11-25)3-5-15;;/h2-5,8-9,12,14,21,27H,6-7,10H2,1H3,(H2,26,28);2*1H/t12-,21+;;/m0../s1. The van der Waals surface area contributed by atoms with Gasteiger partial charge >= 0.3 is 0 Å². The molecular weight excluding hydrogens is 393 g/mol. The van der Waals surface area contributed by atoms with Crippen LogP contribution in [0.3, 0.4) is 0 Å². The Labute approximate surface area is 176 Å². The van der Waals surface area contributed by atoms with E-state index in [1.807, 2.05) is 13.0 Å². The van der Waals surface area contributed by atoms with Gasteiger partial charge in [0.25, 0.3) is 0 Å². The number of primary amides is 1. The van der Waals surface area contributed by atoms with E-state index < -0.39 is 17.5 Å². The zero-order valence-electron chi connectivity index (χ0n) is 15.9. The zero-order chi connectivity index (χ0) is 21.1. The molecule has 1 fully saturated rings. The SMILES string of the molecule is C[C@@H](CC(N)=O)N[C@@H](c1ccc(Cl)c(C(=O)c2ccc(C#N)cc2)c1F)C1CC1.[HH].[HH]. The molecule has 0 aromatic heterocycles. The third-order valence-corrected chi connectivity index (χ3v) is 5.34. The van der Waals surface area contributed by atoms with E-state index in [9.17, 15) is 9.59 Å². The first-order valence-corrected chi connectivity index (χ1v) is 9.76. The van der Waals surface area contributed by atoms with Gasteiger partial charge in [-0.2, -0.15) is 5.26 Å². The summed E-state index contributed by atoms with van der Waals surface area (Å²) in [5.41, 5.74) is 6.08. The molecule has 2 aromatic carbocycles. The van der Waals surface area contributed by atoms with Gasteiger partial charge in [0.15, 0.2) is 5.78 Å². The molecule has 2 atom stereocenters. The van der Waals surface area contributed by atoms with Crippen LogP contribution < -0.4 is 11.1 Å². The molecule has 0 spiro atoms. The Morgan fingerprint density at radius 2 is 1.97 bits per heavy atom. The second-order valence-corrected chi connectivity index (χ2v) is 7.80. The topological polar surface area (TPSA) is 96.0 Å². The Balaban J connectivity index is 0.00000240. The number of benzene rings is 2. The second-order valence-electron chi connectivity index (χ2n) is 7.40. The maximum Gasteiger partial charge on any atom is 0.218 e. The van der Waals surface area contributed by atoms with Crippen LogP contribution in [0.25, 0.3) is 0 Å². The summed E-state index contributed by atoms with van der Waals surface area (Å²) in [6, 6.07) is 10.5. The van der Waals surface area contributed by atoms with E-state index in [1.165, 1.54) is 30.3 Å². The van der Waals surface area contributed by atoms with Crippen molar-refractivity contribution in [1.82, 2.24) is 5.32 Å². The molecule has 0 radical (unpaired) electrons. The fraction of sp³-hybridized carbons (Fsp3) is 0.318. The van der Waals surface area contributed by atoms with Crippen molar-refractivity contribution in [1.29, 1.82) is 5.26 Å². The highest BCUT2D eigenvalue weighted by Gasteiger charge is 2.36. The molecule has 2 aromatic rings. The van der Waals surface area contributed by atoms with Crippen molar-refractivity contribution in [3.8, 4) is 6.07 Å². The molecule has 0 unspecified atom stereocenters. The van der Waals surface area contributed by atoms with E-state index in [-0.39, 0.29) is 43.4 Å². The van der Waals surface area contributed by atoms with Crippen molar-refractivity contribution >= 4 is 23.3 Å². The average molecular weight is 418 g/mol. The number of nitrogens with zero attached hydrogens (tertiary/aromatic N) is 1. The maximum atomic E-state index is 15.5. The van der Waals surface area contributed by atoms with Gasteiger partial charge in [-0.05, 0) is 56.0 Å². The van der Waals surface area contributed by atoms with Crippen LogP contribution in [0.15, 0.2) is 36.4 Å². The van der Waals surface area contributed by atoms with E-state index >= 15 is 4.39 Å². The number of amides is 1. The van der Waals surface area contributed by atoms with Crippen molar-refractivity contribution in [2.24, 2.45) is 11.7 Å². The maximum absolute atomic E-state index is 15.5. The van der Waals surface area contributed by atoms with E-state index in [2.05, 4.69) is 5.32 Å². The smallest absolute Gasteiger partial charge is 0.218 e. The number of hydrogen-bond acceptors (Lipinski definition) is 4. The summed E-state index contributed by atoms with van der Waals surface area (Å²) in [5, 5.41) is 12.2. The number of carbonyl (C=O) groups is 2. The van der Waals surface area contributed by atoms with Crippen molar-refractivity contribution in [2.75, 3.05) is 0 Å². The van der Waals surface area contributed by atoms with E-state index in [1.54, 1.807) is 6.07 Å². The summed E-state index contributed by atoms with van der Waals surface area (Å²) < 4.78 is 15.5. The molecule has 5 nitrogen and oxygen atoms in total. The van der Waals surface area contributed by atoms with Gasteiger partial charge in [-0.15, -0.1) is 0 Å². The molecule has 7 heteroatoms. The van der Waals surface area contributed by atoms with E-state index in [0.29, 0.717) is 11.1 Å². The molecule has 154 valence electrons. The third-order valence-electron chi connectivity index (χ3n) is 5.02. The molecule has 0 aliphatic heterocycles. The lowest BCUT2D eigenvalue weighted by Crippen LogP contribution is -2.35. The Bertz CT molecular complexity index is 991. The lowest BCUT2D eigenvalue weighted by atomic mass is 9.94. The Morgan fingerprint density at radius 1 is 1.31 bits per heavy atom. The number of nitriles is 1. The van der Waals surface area contributed by atoms with Gasteiger partial charge in [-0.1, -0.05) is 17.7 Å². The van der Waals surface area contributed by atoms with Crippen LogP contribution >= 0.6 is 11.6 Å². The van der Waals surface area contributed by atoms with Crippen LogP contribution in [-0.4, -0.2) is 17.7 Å². The minimum Gasteiger partial charge on any atom is -0.370 e. The van der Waals surface area contributed by atoms with Gasteiger partial charge in [-0.25, -0.2) is 4.39 Å². The van der Waals surface area contributed by atoms with Gasteiger partial charge in [0.05, 0.1) is 22.2 Å². The number of hydrogen-bond donors (Lipinski definition) is 2. The van der Waals surface area contributed by atoms with Crippen molar-refractivity contribution in [3.63, 3.8) is 0 Å². The summed E-state index contributed by atoms with van der Waals surface area (Å²) in [7, 11) is 0. The molecule has 1 saturated carbocycles. The first kappa shape index (κ1) is 21.0. The number of carbonyl (C=O) groups excluding carboxylic acids is 2. The largest absolute Gasteiger partial charge is 0.370 e. The number of halogens is 2. The highest BCUT2D eigenvalue weighted by molar-refractivity contribution is 6.35. The predicted molar refractivity (Wildman–Crippen MR) is 112 cm³/mol.